The fraction of sp³-hybridized carbons (Fsp3) is 0.385. The molecule has 0 radical (unpaired) electrons. The number of rotatable bonds is 5. The Bertz CT molecular complexity index is 478. The van der Waals surface area contributed by atoms with E-state index in [2.05, 4.69) is 17.2 Å². The molecule has 1 fully saturated rings. The third-order valence-corrected chi connectivity index (χ3v) is 3.66. The van der Waals surface area contributed by atoms with Crippen molar-refractivity contribution in [2.24, 2.45) is 0 Å². The van der Waals surface area contributed by atoms with E-state index in [0.29, 0.717) is 10.6 Å². The molecule has 1 aromatic heterocycles. The second kappa shape index (κ2) is 6.49. The summed E-state index contributed by atoms with van der Waals surface area (Å²) in [4.78, 5) is 23.7. The molecular weight excluding hydrogens is 264 g/mol. The number of carbonyl (C=O) groups is 2. The summed E-state index contributed by atoms with van der Waals surface area (Å²) in [7, 11) is 0. The molecule has 2 rings (SSSR count). The van der Waals surface area contributed by atoms with Gasteiger partial charge in [-0.3, -0.25) is 4.79 Å². The molecule has 0 bridgehead atoms. The van der Waals surface area contributed by atoms with E-state index in [1.165, 1.54) is 17.4 Å². The maximum atomic E-state index is 12.0. The molecular formula is C13H16N2O3S. The summed E-state index contributed by atoms with van der Waals surface area (Å²) in [6.45, 7) is 4.50. The van der Waals surface area contributed by atoms with Crippen molar-refractivity contribution in [2.75, 3.05) is 18.5 Å². The SMILES string of the molecule is C=CCOC(=O)c1ccsc1NC(=O)[C@@H]1CCCN1. The number of thiophene rings is 1. The summed E-state index contributed by atoms with van der Waals surface area (Å²) in [6.07, 6.45) is 3.33. The predicted octanol–water partition coefficient (Wildman–Crippen LogP) is 1.78. The fourth-order valence-electron chi connectivity index (χ4n) is 1.89. The van der Waals surface area contributed by atoms with Gasteiger partial charge in [-0.15, -0.1) is 11.3 Å². The minimum Gasteiger partial charge on any atom is -0.458 e. The molecule has 5 nitrogen and oxygen atoms in total. The van der Waals surface area contributed by atoms with Crippen molar-refractivity contribution in [3.05, 3.63) is 29.7 Å². The van der Waals surface area contributed by atoms with Crippen LogP contribution >= 0.6 is 11.3 Å². The van der Waals surface area contributed by atoms with Gasteiger partial charge in [0.1, 0.15) is 11.6 Å². The zero-order chi connectivity index (χ0) is 13.7. The molecule has 6 heteroatoms. The van der Waals surface area contributed by atoms with Crippen molar-refractivity contribution >= 4 is 28.2 Å². The van der Waals surface area contributed by atoms with Crippen molar-refractivity contribution in [3.63, 3.8) is 0 Å². The number of carbonyl (C=O) groups excluding carboxylic acids is 2. The number of anilines is 1. The Morgan fingerprint density at radius 3 is 3.16 bits per heavy atom. The second-order valence-electron chi connectivity index (χ2n) is 4.19. The van der Waals surface area contributed by atoms with Crippen LogP contribution in [-0.4, -0.2) is 31.1 Å². The summed E-state index contributed by atoms with van der Waals surface area (Å²) < 4.78 is 4.97. The average Bonchev–Trinajstić information content (AvgIpc) is 3.06. The standard InChI is InChI=1S/C13H16N2O3S/c1-2-7-18-13(17)9-5-8-19-12(9)15-11(16)10-4-3-6-14-10/h2,5,8,10,14H,1,3-4,6-7H2,(H,15,16)/t10-/m0/s1. The van der Waals surface area contributed by atoms with Gasteiger partial charge in [-0.25, -0.2) is 4.79 Å². The Hall–Kier alpha value is -1.66. The monoisotopic (exact) mass is 280 g/mol. The lowest BCUT2D eigenvalue weighted by Gasteiger charge is -2.10. The number of esters is 1. The molecule has 0 spiro atoms. The predicted molar refractivity (Wildman–Crippen MR) is 74.5 cm³/mol. The maximum Gasteiger partial charge on any atom is 0.341 e. The largest absolute Gasteiger partial charge is 0.458 e. The molecule has 1 aliphatic heterocycles. The van der Waals surface area contributed by atoms with Gasteiger partial charge in [0, 0.05) is 0 Å². The van der Waals surface area contributed by atoms with Crippen molar-refractivity contribution in [3.8, 4) is 0 Å². The van der Waals surface area contributed by atoms with Gasteiger partial charge in [0.15, 0.2) is 0 Å². The van der Waals surface area contributed by atoms with Gasteiger partial charge < -0.3 is 15.4 Å². The van der Waals surface area contributed by atoms with Gasteiger partial charge in [-0.05, 0) is 30.8 Å². The van der Waals surface area contributed by atoms with Gasteiger partial charge in [0.2, 0.25) is 5.91 Å². The van der Waals surface area contributed by atoms with Crippen LogP contribution in [0.2, 0.25) is 0 Å². The third-order valence-electron chi connectivity index (χ3n) is 2.83. The maximum absolute atomic E-state index is 12.0. The van der Waals surface area contributed by atoms with Gasteiger partial charge in [-0.2, -0.15) is 0 Å². The van der Waals surface area contributed by atoms with E-state index in [4.69, 9.17) is 4.74 Å². The first-order valence-electron chi connectivity index (χ1n) is 6.12. The van der Waals surface area contributed by atoms with E-state index in [9.17, 15) is 9.59 Å². The van der Waals surface area contributed by atoms with Crippen molar-refractivity contribution in [1.29, 1.82) is 0 Å². The Kier molecular flexibility index (Phi) is 4.70. The van der Waals surface area contributed by atoms with Crippen LogP contribution in [0.3, 0.4) is 0 Å². The van der Waals surface area contributed by atoms with Crippen LogP contribution in [0.5, 0.6) is 0 Å². The van der Waals surface area contributed by atoms with E-state index in [1.807, 2.05) is 0 Å². The lowest BCUT2D eigenvalue weighted by Crippen LogP contribution is -2.35. The molecule has 2 N–H and O–H groups in total. The number of nitrogens with one attached hydrogen (secondary N) is 2. The molecule has 19 heavy (non-hydrogen) atoms. The van der Waals surface area contributed by atoms with Crippen molar-refractivity contribution in [2.45, 2.75) is 18.9 Å². The highest BCUT2D eigenvalue weighted by Crippen LogP contribution is 2.24. The van der Waals surface area contributed by atoms with Gasteiger partial charge in [0.25, 0.3) is 0 Å². The first kappa shape index (κ1) is 13.8. The Balaban J connectivity index is 2.00. The van der Waals surface area contributed by atoms with Crippen LogP contribution in [0.1, 0.15) is 23.2 Å². The van der Waals surface area contributed by atoms with E-state index in [-0.39, 0.29) is 18.6 Å². The van der Waals surface area contributed by atoms with E-state index < -0.39 is 5.97 Å². The molecule has 0 aliphatic carbocycles. The second-order valence-corrected chi connectivity index (χ2v) is 5.10. The van der Waals surface area contributed by atoms with Gasteiger partial charge >= 0.3 is 5.97 Å². The van der Waals surface area contributed by atoms with Crippen LogP contribution in [0.15, 0.2) is 24.1 Å². The lowest BCUT2D eigenvalue weighted by molar-refractivity contribution is -0.117. The quantitative estimate of drug-likeness (QED) is 0.637. The first-order chi connectivity index (χ1) is 9.22. The number of amides is 1. The normalized spacial score (nSPS) is 18.0. The fourth-order valence-corrected chi connectivity index (χ4v) is 2.66. The highest BCUT2D eigenvalue weighted by atomic mass is 32.1. The molecule has 1 aromatic rings. The van der Waals surface area contributed by atoms with Gasteiger partial charge in [-0.1, -0.05) is 12.7 Å². The Morgan fingerprint density at radius 1 is 1.63 bits per heavy atom. The molecule has 1 atom stereocenters. The molecule has 0 saturated carbocycles. The summed E-state index contributed by atoms with van der Waals surface area (Å²) in [5.74, 6) is -0.548. The summed E-state index contributed by atoms with van der Waals surface area (Å²) in [5.41, 5.74) is 0.387. The third kappa shape index (κ3) is 3.42. The average molecular weight is 280 g/mol. The first-order valence-corrected chi connectivity index (χ1v) is 7.00. The van der Waals surface area contributed by atoms with Crippen molar-refractivity contribution < 1.29 is 14.3 Å². The number of hydrogen-bond acceptors (Lipinski definition) is 5. The van der Waals surface area contributed by atoms with Crippen LogP contribution in [0, 0.1) is 0 Å². The molecule has 102 valence electrons. The molecule has 2 heterocycles. The molecule has 0 aromatic carbocycles. The topological polar surface area (TPSA) is 67.4 Å². The van der Waals surface area contributed by atoms with Crippen molar-refractivity contribution in [1.82, 2.24) is 5.32 Å². The van der Waals surface area contributed by atoms with Crippen LogP contribution < -0.4 is 10.6 Å². The Morgan fingerprint density at radius 2 is 2.47 bits per heavy atom. The minimum atomic E-state index is -0.448. The summed E-state index contributed by atoms with van der Waals surface area (Å²) >= 11 is 1.31. The minimum absolute atomic E-state index is 0.0993. The highest BCUT2D eigenvalue weighted by molar-refractivity contribution is 7.14. The number of ether oxygens (including phenoxy) is 1. The zero-order valence-electron chi connectivity index (χ0n) is 10.5. The molecule has 1 aliphatic rings. The smallest absolute Gasteiger partial charge is 0.341 e. The highest BCUT2D eigenvalue weighted by Gasteiger charge is 2.24. The van der Waals surface area contributed by atoms with E-state index in [0.717, 1.165) is 19.4 Å². The summed E-state index contributed by atoms with van der Waals surface area (Å²) in [6, 6.07) is 1.48. The summed E-state index contributed by atoms with van der Waals surface area (Å²) in [5, 5.41) is 8.18. The van der Waals surface area contributed by atoms with Gasteiger partial charge in [0.05, 0.1) is 11.6 Å². The molecule has 1 saturated heterocycles. The Labute approximate surface area is 115 Å². The lowest BCUT2D eigenvalue weighted by atomic mass is 10.2. The van der Waals surface area contributed by atoms with Crippen LogP contribution in [-0.2, 0) is 9.53 Å². The molecule has 0 unspecified atom stereocenters. The van der Waals surface area contributed by atoms with Crippen LogP contribution in [0.4, 0.5) is 5.00 Å². The zero-order valence-corrected chi connectivity index (χ0v) is 11.3. The number of hydrogen-bond donors (Lipinski definition) is 2. The van der Waals surface area contributed by atoms with E-state index >= 15 is 0 Å². The van der Waals surface area contributed by atoms with Crippen LogP contribution in [0.25, 0.3) is 0 Å². The molecule has 1 amide bonds. The van der Waals surface area contributed by atoms with E-state index in [1.54, 1.807) is 11.4 Å².